The number of rotatable bonds is 8. The Kier molecular flexibility index (Phi) is 8.04. The lowest BCUT2D eigenvalue weighted by Gasteiger charge is -2.35. The van der Waals surface area contributed by atoms with Crippen molar-refractivity contribution in [3.63, 3.8) is 0 Å². The summed E-state index contributed by atoms with van der Waals surface area (Å²) in [6.45, 7) is 8.35. The first-order valence-corrected chi connectivity index (χ1v) is 11.7. The zero-order valence-corrected chi connectivity index (χ0v) is 18.1. The van der Waals surface area contributed by atoms with Gasteiger partial charge in [0.05, 0.1) is 5.69 Å². The fraction of sp³-hybridized carbons (Fsp3) is 0.750. The molecule has 1 aromatic rings. The van der Waals surface area contributed by atoms with Crippen LogP contribution in [0.1, 0.15) is 89.2 Å². The lowest BCUT2D eigenvalue weighted by Crippen LogP contribution is -2.36. The average Bonchev–Trinajstić information content (AvgIpc) is 2.74. The third kappa shape index (κ3) is 5.42. The van der Waals surface area contributed by atoms with Crippen LogP contribution in [0, 0.1) is 0 Å². The first-order chi connectivity index (χ1) is 13.6. The van der Waals surface area contributed by atoms with Gasteiger partial charge in [0.1, 0.15) is 5.75 Å². The monoisotopic (exact) mass is 387 g/mol. The van der Waals surface area contributed by atoms with Crippen LogP contribution in [0.25, 0.3) is 0 Å². The largest absolute Gasteiger partial charge is 0.505 e. The highest BCUT2D eigenvalue weighted by atomic mass is 16.3. The summed E-state index contributed by atoms with van der Waals surface area (Å²) in [6.07, 6.45) is 13.4. The molecule has 0 atom stereocenters. The van der Waals surface area contributed by atoms with E-state index < -0.39 is 0 Å². The van der Waals surface area contributed by atoms with E-state index in [9.17, 15) is 5.11 Å². The molecular formula is C24H41N3O. The summed E-state index contributed by atoms with van der Waals surface area (Å²) in [5.41, 5.74) is 9.01. The van der Waals surface area contributed by atoms with Crippen molar-refractivity contribution in [2.24, 2.45) is 0 Å². The average molecular weight is 388 g/mol. The number of hydrogen-bond acceptors (Lipinski definition) is 4. The van der Waals surface area contributed by atoms with Crippen LogP contribution in [0.15, 0.2) is 12.1 Å². The number of nitrogen functional groups attached to an aromatic ring is 1. The molecule has 3 rings (SSSR count). The van der Waals surface area contributed by atoms with Crippen molar-refractivity contribution in [2.45, 2.75) is 103 Å². The van der Waals surface area contributed by atoms with E-state index in [0.717, 1.165) is 31.7 Å². The molecule has 0 unspecified atom stereocenters. The van der Waals surface area contributed by atoms with Gasteiger partial charge in [0.15, 0.2) is 0 Å². The van der Waals surface area contributed by atoms with Gasteiger partial charge in [0.25, 0.3) is 0 Å². The lowest BCUT2D eigenvalue weighted by atomic mass is 9.93. The number of phenolic OH excluding ortho intramolecular Hbond substituents is 1. The van der Waals surface area contributed by atoms with Crippen molar-refractivity contribution in [2.75, 3.05) is 18.8 Å². The molecule has 4 nitrogen and oxygen atoms in total. The molecule has 2 aliphatic carbocycles. The summed E-state index contributed by atoms with van der Waals surface area (Å²) in [5.74, 6) is 0.290. The Morgan fingerprint density at radius 3 is 1.82 bits per heavy atom. The Hall–Kier alpha value is -1.26. The van der Waals surface area contributed by atoms with Crippen LogP contribution < -0.4 is 5.73 Å². The summed E-state index contributed by atoms with van der Waals surface area (Å²) in [4.78, 5) is 5.14. The minimum atomic E-state index is 0.290. The van der Waals surface area contributed by atoms with Crippen molar-refractivity contribution < 1.29 is 5.11 Å². The number of phenols is 1. The van der Waals surface area contributed by atoms with Crippen LogP contribution in [0.5, 0.6) is 5.75 Å². The first-order valence-electron chi connectivity index (χ1n) is 11.7. The first kappa shape index (κ1) is 21.4. The minimum absolute atomic E-state index is 0.290. The van der Waals surface area contributed by atoms with Crippen molar-refractivity contribution in [1.29, 1.82) is 0 Å². The molecule has 0 amide bonds. The third-order valence-corrected chi connectivity index (χ3v) is 7.03. The normalized spacial score (nSPS) is 19.6. The molecule has 0 aromatic heterocycles. The van der Waals surface area contributed by atoms with E-state index in [1.807, 2.05) is 6.07 Å². The molecule has 158 valence electrons. The molecule has 0 aliphatic heterocycles. The van der Waals surface area contributed by atoms with Crippen LogP contribution in [0.3, 0.4) is 0 Å². The molecule has 2 aliphatic rings. The van der Waals surface area contributed by atoms with E-state index in [2.05, 4.69) is 29.7 Å². The van der Waals surface area contributed by atoms with Gasteiger partial charge >= 0.3 is 0 Å². The molecule has 0 radical (unpaired) electrons. The Morgan fingerprint density at radius 2 is 1.32 bits per heavy atom. The third-order valence-electron chi connectivity index (χ3n) is 7.03. The fourth-order valence-electron chi connectivity index (χ4n) is 5.34. The van der Waals surface area contributed by atoms with Gasteiger partial charge in [-0.1, -0.05) is 52.4 Å². The van der Waals surface area contributed by atoms with Crippen molar-refractivity contribution in [3.8, 4) is 5.75 Å². The molecule has 2 saturated carbocycles. The quantitative estimate of drug-likeness (QED) is 0.470. The van der Waals surface area contributed by atoms with Gasteiger partial charge in [-0.25, -0.2) is 0 Å². The predicted octanol–water partition coefficient (Wildman–Crippen LogP) is 5.28. The topological polar surface area (TPSA) is 52.7 Å². The number of anilines is 1. The SMILES string of the molecule is CCN(Cc1cc(N)c(O)c(CN(CC)C2CCCCC2)c1)C1CCCCC1. The molecule has 3 N–H and O–H groups in total. The van der Waals surface area contributed by atoms with Gasteiger partial charge in [0.2, 0.25) is 0 Å². The summed E-state index contributed by atoms with van der Waals surface area (Å²) >= 11 is 0. The van der Waals surface area contributed by atoms with E-state index in [-0.39, 0.29) is 0 Å². The van der Waals surface area contributed by atoms with Gasteiger partial charge in [-0.05, 0) is 56.5 Å². The number of hydrogen-bond donors (Lipinski definition) is 2. The van der Waals surface area contributed by atoms with Crippen molar-refractivity contribution in [3.05, 3.63) is 23.3 Å². The van der Waals surface area contributed by atoms with Crippen LogP contribution in [-0.4, -0.2) is 40.1 Å². The molecule has 0 bridgehead atoms. The number of benzene rings is 1. The maximum atomic E-state index is 10.6. The number of nitrogens with zero attached hydrogens (tertiary/aromatic N) is 2. The predicted molar refractivity (Wildman–Crippen MR) is 118 cm³/mol. The number of aromatic hydroxyl groups is 1. The molecule has 0 spiro atoms. The maximum absolute atomic E-state index is 10.6. The highest BCUT2D eigenvalue weighted by molar-refractivity contribution is 5.58. The minimum Gasteiger partial charge on any atom is -0.505 e. The van der Waals surface area contributed by atoms with Gasteiger partial charge in [-0.3, -0.25) is 9.80 Å². The van der Waals surface area contributed by atoms with Crippen LogP contribution in [0.2, 0.25) is 0 Å². The van der Waals surface area contributed by atoms with Gasteiger partial charge < -0.3 is 10.8 Å². The van der Waals surface area contributed by atoms with Crippen molar-refractivity contribution in [1.82, 2.24) is 9.80 Å². The summed E-state index contributed by atoms with van der Waals surface area (Å²) in [7, 11) is 0. The Balaban J connectivity index is 1.73. The zero-order chi connectivity index (χ0) is 19.9. The number of nitrogens with two attached hydrogens (primary N) is 1. The highest BCUT2D eigenvalue weighted by Gasteiger charge is 2.23. The molecule has 1 aromatic carbocycles. The molecular weight excluding hydrogens is 346 g/mol. The molecule has 4 heteroatoms. The summed E-state index contributed by atoms with van der Waals surface area (Å²) in [6, 6.07) is 5.55. The van der Waals surface area contributed by atoms with E-state index >= 15 is 0 Å². The lowest BCUT2D eigenvalue weighted by molar-refractivity contribution is 0.152. The second-order valence-corrected chi connectivity index (χ2v) is 8.90. The van der Waals surface area contributed by atoms with E-state index in [1.54, 1.807) is 0 Å². The van der Waals surface area contributed by atoms with Crippen LogP contribution in [-0.2, 0) is 13.1 Å². The van der Waals surface area contributed by atoms with E-state index in [4.69, 9.17) is 5.73 Å². The van der Waals surface area contributed by atoms with Gasteiger partial charge in [0, 0.05) is 30.7 Å². The van der Waals surface area contributed by atoms with Crippen molar-refractivity contribution >= 4 is 5.69 Å². The maximum Gasteiger partial charge on any atom is 0.142 e. The molecule has 0 saturated heterocycles. The Labute approximate surface area is 172 Å². The van der Waals surface area contributed by atoms with Crippen LogP contribution in [0.4, 0.5) is 5.69 Å². The summed E-state index contributed by atoms with van der Waals surface area (Å²) < 4.78 is 0. The Bertz CT molecular complexity index is 606. The standard InChI is InChI=1S/C24H41N3O/c1-3-26(21-11-7-5-8-12-21)17-19-15-20(24(28)23(25)16-19)18-27(4-2)22-13-9-6-10-14-22/h15-16,21-22,28H,3-14,17-18,25H2,1-2H3. The molecule has 2 fully saturated rings. The highest BCUT2D eigenvalue weighted by Crippen LogP contribution is 2.32. The fourth-order valence-corrected chi connectivity index (χ4v) is 5.34. The second kappa shape index (κ2) is 10.5. The van der Waals surface area contributed by atoms with E-state index in [0.29, 0.717) is 23.5 Å². The zero-order valence-electron chi connectivity index (χ0n) is 18.1. The van der Waals surface area contributed by atoms with Gasteiger partial charge in [-0.2, -0.15) is 0 Å². The van der Waals surface area contributed by atoms with Crippen LogP contribution >= 0.6 is 0 Å². The molecule has 0 heterocycles. The summed E-state index contributed by atoms with van der Waals surface area (Å²) in [5, 5.41) is 10.6. The second-order valence-electron chi connectivity index (χ2n) is 8.90. The van der Waals surface area contributed by atoms with E-state index in [1.165, 1.54) is 69.8 Å². The Morgan fingerprint density at radius 1 is 0.821 bits per heavy atom. The molecule has 28 heavy (non-hydrogen) atoms. The smallest absolute Gasteiger partial charge is 0.142 e. The van der Waals surface area contributed by atoms with Gasteiger partial charge in [-0.15, -0.1) is 0 Å².